The number of nitrogens with zero attached hydrogens (tertiary/aromatic N) is 2. The first-order valence-corrected chi connectivity index (χ1v) is 7.56. The number of aromatic nitrogens is 2. The van der Waals surface area contributed by atoms with Crippen molar-refractivity contribution in [3.05, 3.63) is 28.3 Å². The predicted octanol–water partition coefficient (Wildman–Crippen LogP) is 0.670. The molecule has 0 bridgehead atoms. The van der Waals surface area contributed by atoms with Gasteiger partial charge in [0.2, 0.25) is 0 Å². The summed E-state index contributed by atoms with van der Waals surface area (Å²) in [6, 6.07) is 0. The fraction of sp³-hybridized carbons (Fsp3) is 0.600. The molecule has 3 atom stereocenters. The van der Waals surface area contributed by atoms with E-state index in [9.17, 15) is 9.90 Å². The molecule has 2 heterocycles. The molecular weight excluding hydrogens is 286 g/mol. The molecule has 1 unspecified atom stereocenters. The lowest BCUT2D eigenvalue weighted by molar-refractivity contribution is -0.0458. The molecule has 7 nitrogen and oxygen atoms in total. The number of aliphatic hydroxyl groups excluding tert-OH is 2. The van der Waals surface area contributed by atoms with Crippen LogP contribution >= 0.6 is 0 Å². The summed E-state index contributed by atoms with van der Waals surface area (Å²) in [5.74, 6) is 0.172. The van der Waals surface area contributed by atoms with Crippen LogP contribution in [0.2, 0.25) is 0 Å². The summed E-state index contributed by atoms with van der Waals surface area (Å²) < 4.78 is 6.80. The number of unbranched alkanes of at least 4 members (excludes halogenated alkanes) is 2. The van der Waals surface area contributed by atoms with Crippen LogP contribution in [0.5, 0.6) is 0 Å². The van der Waals surface area contributed by atoms with Gasteiger partial charge in [-0.05, 0) is 6.42 Å². The predicted molar refractivity (Wildman–Crippen MR) is 83.1 cm³/mol. The van der Waals surface area contributed by atoms with Gasteiger partial charge in [-0.25, -0.2) is 4.79 Å². The van der Waals surface area contributed by atoms with E-state index in [0.717, 1.165) is 19.3 Å². The van der Waals surface area contributed by atoms with Gasteiger partial charge in [0.1, 0.15) is 18.1 Å². The van der Waals surface area contributed by atoms with E-state index in [1.807, 2.05) is 12.2 Å². The summed E-state index contributed by atoms with van der Waals surface area (Å²) in [7, 11) is 0. The zero-order valence-electron chi connectivity index (χ0n) is 12.7. The van der Waals surface area contributed by atoms with Crippen LogP contribution < -0.4 is 11.4 Å². The second kappa shape index (κ2) is 7.53. The van der Waals surface area contributed by atoms with E-state index in [-0.39, 0.29) is 18.8 Å². The van der Waals surface area contributed by atoms with Crippen LogP contribution in [0.4, 0.5) is 5.82 Å². The van der Waals surface area contributed by atoms with Crippen LogP contribution in [0.1, 0.15) is 44.4 Å². The molecule has 7 heteroatoms. The van der Waals surface area contributed by atoms with Crippen molar-refractivity contribution in [2.75, 3.05) is 12.3 Å². The number of allylic oxidation sites excluding steroid dienone is 1. The molecule has 1 fully saturated rings. The second-order valence-corrected chi connectivity index (χ2v) is 5.43. The molecular formula is C15H23N3O4. The van der Waals surface area contributed by atoms with E-state index >= 15 is 0 Å². The number of nitrogens with two attached hydrogens (primary N) is 1. The third kappa shape index (κ3) is 3.73. The van der Waals surface area contributed by atoms with E-state index in [4.69, 9.17) is 15.6 Å². The van der Waals surface area contributed by atoms with Crippen LogP contribution in [0.3, 0.4) is 0 Å². The topological polar surface area (TPSA) is 111 Å². The van der Waals surface area contributed by atoms with Crippen molar-refractivity contribution < 1.29 is 14.9 Å². The molecule has 0 aliphatic carbocycles. The Labute approximate surface area is 129 Å². The number of hydrogen-bond donors (Lipinski definition) is 3. The minimum Gasteiger partial charge on any atom is -0.394 e. The highest BCUT2D eigenvalue weighted by Gasteiger charge is 2.35. The van der Waals surface area contributed by atoms with E-state index in [2.05, 4.69) is 11.9 Å². The van der Waals surface area contributed by atoms with E-state index in [1.165, 1.54) is 4.57 Å². The molecule has 0 radical (unpaired) electrons. The van der Waals surface area contributed by atoms with Crippen LogP contribution in [0, 0.1) is 0 Å². The maximum absolute atomic E-state index is 12.0. The number of hydrogen-bond acceptors (Lipinski definition) is 6. The van der Waals surface area contributed by atoms with Gasteiger partial charge in [0.25, 0.3) is 0 Å². The van der Waals surface area contributed by atoms with Crippen LogP contribution in [-0.4, -0.2) is 38.6 Å². The molecule has 1 saturated heterocycles. The molecule has 0 amide bonds. The molecule has 1 aliphatic heterocycles. The first-order chi connectivity index (χ1) is 10.6. The van der Waals surface area contributed by atoms with Crippen molar-refractivity contribution in [3.63, 3.8) is 0 Å². The van der Waals surface area contributed by atoms with Gasteiger partial charge >= 0.3 is 5.69 Å². The highest BCUT2D eigenvalue weighted by molar-refractivity contribution is 5.59. The van der Waals surface area contributed by atoms with Gasteiger partial charge in [0.15, 0.2) is 0 Å². The van der Waals surface area contributed by atoms with Crippen LogP contribution in [-0.2, 0) is 4.74 Å². The van der Waals surface area contributed by atoms with Gasteiger partial charge in [0.05, 0.1) is 12.7 Å². The van der Waals surface area contributed by atoms with Crippen molar-refractivity contribution in [3.8, 4) is 0 Å². The van der Waals surface area contributed by atoms with Gasteiger partial charge < -0.3 is 20.7 Å². The Bertz CT molecular complexity index is 585. The first kappa shape index (κ1) is 16.7. The number of nitrogen functional groups attached to an aromatic ring is 1. The molecule has 2 rings (SSSR count). The molecule has 0 spiro atoms. The number of rotatable bonds is 6. The molecule has 22 heavy (non-hydrogen) atoms. The van der Waals surface area contributed by atoms with E-state index in [1.54, 1.807) is 6.20 Å². The lowest BCUT2D eigenvalue weighted by atomic mass is 10.2. The van der Waals surface area contributed by atoms with Crippen LogP contribution in [0.15, 0.2) is 17.1 Å². The number of aliphatic hydroxyl groups is 2. The fourth-order valence-corrected chi connectivity index (χ4v) is 2.41. The average Bonchev–Trinajstić information content (AvgIpc) is 2.86. The zero-order valence-corrected chi connectivity index (χ0v) is 12.7. The largest absolute Gasteiger partial charge is 0.394 e. The zero-order chi connectivity index (χ0) is 16.1. The van der Waals surface area contributed by atoms with Gasteiger partial charge in [-0.15, -0.1) is 0 Å². The summed E-state index contributed by atoms with van der Waals surface area (Å²) in [5, 5.41) is 18.9. The average molecular weight is 309 g/mol. The fourth-order valence-electron chi connectivity index (χ4n) is 2.41. The van der Waals surface area contributed by atoms with Crippen molar-refractivity contribution in [2.24, 2.45) is 0 Å². The third-order valence-electron chi connectivity index (χ3n) is 3.73. The smallest absolute Gasteiger partial charge is 0.351 e. The summed E-state index contributed by atoms with van der Waals surface area (Å²) in [6.07, 6.45) is 6.64. The maximum Gasteiger partial charge on any atom is 0.351 e. The Morgan fingerprint density at radius 2 is 2.36 bits per heavy atom. The monoisotopic (exact) mass is 309 g/mol. The van der Waals surface area contributed by atoms with Crippen molar-refractivity contribution in [2.45, 2.75) is 51.0 Å². The molecule has 4 N–H and O–H groups in total. The molecule has 1 aliphatic rings. The second-order valence-electron chi connectivity index (χ2n) is 5.43. The van der Waals surface area contributed by atoms with E-state index < -0.39 is 24.1 Å². The Balaban J connectivity index is 2.22. The lowest BCUT2D eigenvalue weighted by Crippen LogP contribution is -2.28. The highest BCUT2D eigenvalue weighted by atomic mass is 16.5. The summed E-state index contributed by atoms with van der Waals surface area (Å²) in [4.78, 5) is 15.8. The Morgan fingerprint density at radius 1 is 1.59 bits per heavy atom. The SMILES string of the molecule is CCCCC=Cc1cn([C@H]2CC(O)[C@@H](CO)O2)c(=O)nc1N. The lowest BCUT2D eigenvalue weighted by Gasteiger charge is -2.15. The molecule has 0 aromatic carbocycles. The summed E-state index contributed by atoms with van der Waals surface area (Å²) in [5.41, 5.74) is 5.89. The number of anilines is 1. The summed E-state index contributed by atoms with van der Waals surface area (Å²) in [6.45, 7) is 1.82. The standard InChI is InChI=1S/C15H23N3O4/c1-2-3-4-5-6-10-8-18(15(21)17-14(10)16)13-7-11(20)12(9-19)22-13/h5-6,8,11-13,19-20H,2-4,7,9H2,1H3,(H2,16,17,21)/t11?,12-,13-/m1/s1. The molecule has 1 aromatic heterocycles. The van der Waals surface area contributed by atoms with Gasteiger partial charge in [-0.3, -0.25) is 4.57 Å². The van der Waals surface area contributed by atoms with Gasteiger partial charge in [0, 0.05) is 18.2 Å². The quantitative estimate of drug-likeness (QED) is 0.666. The Morgan fingerprint density at radius 3 is 3.00 bits per heavy atom. The van der Waals surface area contributed by atoms with Gasteiger partial charge in [-0.1, -0.05) is 31.9 Å². The molecule has 122 valence electrons. The van der Waals surface area contributed by atoms with E-state index in [0.29, 0.717) is 5.56 Å². The highest BCUT2D eigenvalue weighted by Crippen LogP contribution is 2.27. The normalized spacial score (nSPS) is 25.1. The van der Waals surface area contributed by atoms with Crippen LogP contribution in [0.25, 0.3) is 6.08 Å². The van der Waals surface area contributed by atoms with Crippen molar-refractivity contribution in [1.29, 1.82) is 0 Å². The molecule has 0 saturated carbocycles. The third-order valence-corrected chi connectivity index (χ3v) is 3.73. The Kier molecular flexibility index (Phi) is 5.70. The minimum atomic E-state index is -0.803. The van der Waals surface area contributed by atoms with Crippen molar-refractivity contribution in [1.82, 2.24) is 9.55 Å². The maximum atomic E-state index is 12.0. The van der Waals surface area contributed by atoms with Gasteiger partial charge in [-0.2, -0.15) is 4.98 Å². The minimum absolute atomic E-state index is 0.172. The number of ether oxygens (including phenoxy) is 1. The summed E-state index contributed by atoms with van der Waals surface area (Å²) >= 11 is 0. The first-order valence-electron chi connectivity index (χ1n) is 7.56. The Hall–Kier alpha value is -1.70. The molecule has 1 aromatic rings. The van der Waals surface area contributed by atoms with Crippen molar-refractivity contribution >= 4 is 11.9 Å².